The van der Waals surface area contributed by atoms with Gasteiger partial charge < -0.3 is 10.1 Å². The Morgan fingerprint density at radius 2 is 1.90 bits per heavy atom. The van der Waals surface area contributed by atoms with Crippen LogP contribution in [0.5, 0.6) is 5.75 Å². The van der Waals surface area contributed by atoms with E-state index in [4.69, 9.17) is 16.3 Å². The molecule has 0 fully saturated rings. The van der Waals surface area contributed by atoms with Crippen LogP contribution in [0.4, 0.5) is 5.69 Å². The van der Waals surface area contributed by atoms with E-state index in [1.54, 1.807) is 17.4 Å². The average molecular weight is 423 g/mol. The fourth-order valence-electron chi connectivity index (χ4n) is 2.92. The van der Waals surface area contributed by atoms with Crippen molar-refractivity contribution >= 4 is 44.7 Å². The lowest BCUT2D eigenvalue weighted by atomic mass is 10.2. The third-order valence-electron chi connectivity index (χ3n) is 4.48. The first-order valence-electron chi connectivity index (χ1n) is 9.29. The molecule has 146 valence electrons. The zero-order valence-electron chi connectivity index (χ0n) is 15.8. The molecule has 3 aromatic carbocycles. The van der Waals surface area contributed by atoms with Crippen LogP contribution in [0.25, 0.3) is 20.8 Å². The van der Waals surface area contributed by atoms with E-state index < -0.39 is 0 Å². The summed E-state index contributed by atoms with van der Waals surface area (Å²) in [4.78, 5) is 16.8. The number of ether oxygens (including phenoxy) is 1. The summed E-state index contributed by atoms with van der Waals surface area (Å²) in [5.41, 5.74) is 3.64. The van der Waals surface area contributed by atoms with E-state index in [2.05, 4.69) is 17.2 Å². The zero-order valence-corrected chi connectivity index (χ0v) is 17.4. The van der Waals surface area contributed by atoms with Crippen LogP contribution >= 0.6 is 22.9 Å². The van der Waals surface area contributed by atoms with Crippen molar-refractivity contribution < 1.29 is 9.53 Å². The van der Waals surface area contributed by atoms with Crippen molar-refractivity contribution in [1.82, 2.24) is 4.98 Å². The Morgan fingerprint density at radius 1 is 1.10 bits per heavy atom. The Morgan fingerprint density at radius 3 is 2.62 bits per heavy atom. The molecule has 1 heterocycles. The maximum atomic E-state index is 12.2. The lowest BCUT2D eigenvalue weighted by molar-refractivity contribution is -0.118. The van der Waals surface area contributed by atoms with Gasteiger partial charge in [0.2, 0.25) is 0 Å². The lowest BCUT2D eigenvalue weighted by Gasteiger charge is -2.09. The Balaban J connectivity index is 1.41. The number of carbonyl (C=O) groups is 1. The number of aryl methyl sites for hydroxylation is 1. The van der Waals surface area contributed by atoms with Gasteiger partial charge in [0.05, 0.1) is 15.2 Å². The molecule has 0 atom stereocenters. The Labute approximate surface area is 178 Å². The molecule has 4 nitrogen and oxygen atoms in total. The number of nitrogens with zero attached hydrogens (tertiary/aromatic N) is 1. The second-order valence-electron chi connectivity index (χ2n) is 6.52. The van der Waals surface area contributed by atoms with Gasteiger partial charge in [-0.25, -0.2) is 4.98 Å². The van der Waals surface area contributed by atoms with E-state index >= 15 is 0 Å². The number of hydrogen-bond donors (Lipinski definition) is 1. The van der Waals surface area contributed by atoms with Crippen LogP contribution in [0.3, 0.4) is 0 Å². The van der Waals surface area contributed by atoms with Crippen molar-refractivity contribution in [3.63, 3.8) is 0 Å². The molecule has 0 saturated heterocycles. The number of carbonyl (C=O) groups excluding carboxylic acids is 1. The maximum absolute atomic E-state index is 12.2. The summed E-state index contributed by atoms with van der Waals surface area (Å²) in [6, 6.07) is 21.1. The molecule has 0 aliphatic heterocycles. The molecule has 0 saturated carbocycles. The SMILES string of the molecule is CCc1ccc(OCC(=O)Nc2ccc(-c3nc4ccccc4s3)c(Cl)c2)cc1. The van der Waals surface area contributed by atoms with Gasteiger partial charge in [0.25, 0.3) is 5.91 Å². The summed E-state index contributed by atoms with van der Waals surface area (Å²) in [6.45, 7) is 2.03. The van der Waals surface area contributed by atoms with Crippen LogP contribution in [-0.2, 0) is 11.2 Å². The van der Waals surface area contributed by atoms with Gasteiger partial charge >= 0.3 is 0 Å². The molecule has 1 amide bonds. The molecule has 0 spiro atoms. The number of amides is 1. The third-order valence-corrected chi connectivity index (χ3v) is 5.86. The highest BCUT2D eigenvalue weighted by Crippen LogP contribution is 2.35. The molecule has 0 radical (unpaired) electrons. The molecule has 29 heavy (non-hydrogen) atoms. The quantitative estimate of drug-likeness (QED) is 0.402. The number of thiazole rings is 1. The van der Waals surface area contributed by atoms with E-state index in [0.29, 0.717) is 16.5 Å². The largest absolute Gasteiger partial charge is 0.484 e. The van der Waals surface area contributed by atoms with Gasteiger partial charge in [-0.1, -0.05) is 42.8 Å². The molecule has 0 aliphatic rings. The summed E-state index contributed by atoms with van der Waals surface area (Å²) >= 11 is 8.05. The van der Waals surface area contributed by atoms with E-state index in [0.717, 1.165) is 27.2 Å². The van der Waals surface area contributed by atoms with Gasteiger partial charge in [-0.3, -0.25) is 4.79 Å². The highest BCUT2D eigenvalue weighted by atomic mass is 35.5. The lowest BCUT2D eigenvalue weighted by Crippen LogP contribution is -2.20. The molecule has 1 aromatic heterocycles. The van der Waals surface area contributed by atoms with Crippen LogP contribution in [0, 0.1) is 0 Å². The summed E-state index contributed by atoms with van der Waals surface area (Å²) < 4.78 is 6.65. The molecule has 0 unspecified atom stereocenters. The minimum atomic E-state index is -0.242. The topological polar surface area (TPSA) is 51.2 Å². The van der Waals surface area contributed by atoms with Crippen molar-refractivity contribution in [3.05, 3.63) is 77.3 Å². The van der Waals surface area contributed by atoms with Crippen molar-refractivity contribution in [2.24, 2.45) is 0 Å². The number of nitrogens with one attached hydrogen (secondary N) is 1. The number of rotatable bonds is 6. The van der Waals surface area contributed by atoms with E-state index in [1.807, 2.05) is 60.7 Å². The maximum Gasteiger partial charge on any atom is 0.262 e. The second-order valence-corrected chi connectivity index (χ2v) is 7.95. The molecule has 4 rings (SSSR count). The van der Waals surface area contributed by atoms with Gasteiger partial charge in [-0.05, 0) is 54.4 Å². The monoisotopic (exact) mass is 422 g/mol. The first-order chi connectivity index (χ1) is 14.1. The van der Waals surface area contributed by atoms with E-state index in [1.165, 1.54) is 5.56 Å². The van der Waals surface area contributed by atoms with Crippen molar-refractivity contribution in [2.45, 2.75) is 13.3 Å². The number of anilines is 1. The summed E-state index contributed by atoms with van der Waals surface area (Å²) in [6.07, 6.45) is 0.967. The number of para-hydroxylation sites is 1. The molecule has 4 aromatic rings. The van der Waals surface area contributed by atoms with E-state index in [-0.39, 0.29) is 12.5 Å². The highest BCUT2D eigenvalue weighted by Gasteiger charge is 2.11. The average Bonchev–Trinajstić information content (AvgIpc) is 3.16. The van der Waals surface area contributed by atoms with Crippen LogP contribution in [0.15, 0.2) is 66.7 Å². The summed E-state index contributed by atoms with van der Waals surface area (Å²) in [7, 11) is 0. The molecular weight excluding hydrogens is 404 g/mol. The normalized spacial score (nSPS) is 10.8. The van der Waals surface area contributed by atoms with Gasteiger partial charge in [0, 0.05) is 11.3 Å². The smallest absolute Gasteiger partial charge is 0.262 e. The number of hydrogen-bond acceptors (Lipinski definition) is 4. The zero-order chi connectivity index (χ0) is 20.2. The molecule has 6 heteroatoms. The third kappa shape index (κ3) is 4.58. The number of halogens is 1. The first kappa shape index (κ1) is 19.4. The number of aromatic nitrogens is 1. The Hall–Kier alpha value is -2.89. The minimum Gasteiger partial charge on any atom is -0.484 e. The van der Waals surface area contributed by atoms with Crippen LogP contribution < -0.4 is 10.1 Å². The van der Waals surface area contributed by atoms with Gasteiger partial charge in [-0.2, -0.15) is 0 Å². The van der Waals surface area contributed by atoms with Crippen LogP contribution in [0.1, 0.15) is 12.5 Å². The van der Waals surface area contributed by atoms with Crippen molar-refractivity contribution in [3.8, 4) is 16.3 Å². The molecule has 0 bridgehead atoms. The Kier molecular flexibility index (Phi) is 5.79. The molecular formula is C23H19ClN2O2S. The van der Waals surface area contributed by atoms with Crippen molar-refractivity contribution in [1.29, 1.82) is 0 Å². The van der Waals surface area contributed by atoms with Crippen LogP contribution in [-0.4, -0.2) is 17.5 Å². The number of fused-ring (bicyclic) bond motifs is 1. The molecule has 1 N–H and O–H groups in total. The summed E-state index contributed by atoms with van der Waals surface area (Å²) in [5.74, 6) is 0.426. The van der Waals surface area contributed by atoms with Crippen LogP contribution in [0.2, 0.25) is 5.02 Å². The first-order valence-corrected chi connectivity index (χ1v) is 10.5. The fourth-order valence-corrected chi connectivity index (χ4v) is 4.25. The molecule has 0 aliphatic carbocycles. The standard InChI is InChI=1S/C23H19ClN2O2S/c1-2-15-7-10-17(11-8-15)28-14-22(27)25-16-9-12-18(19(24)13-16)23-26-20-5-3-4-6-21(20)29-23/h3-13H,2,14H2,1H3,(H,25,27). The second kappa shape index (κ2) is 8.64. The van der Waals surface area contributed by atoms with Gasteiger partial charge in [0.15, 0.2) is 6.61 Å². The highest BCUT2D eigenvalue weighted by molar-refractivity contribution is 7.21. The summed E-state index contributed by atoms with van der Waals surface area (Å²) in [5, 5.41) is 4.21. The number of benzene rings is 3. The van der Waals surface area contributed by atoms with Crippen molar-refractivity contribution in [2.75, 3.05) is 11.9 Å². The predicted octanol–water partition coefficient (Wildman–Crippen LogP) is 6.20. The fraction of sp³-hybridized carbons (Fsp3) is 0.130. The minimum absolute atomic E-state index is 0.0668. The van der Waals surface area contributed by atoms with Gasteiger partial charge in [0.1, 0.15) is 10.8 Å². The van der Waals surface area contributed by atoms with E-state index in [9.17, 15) is 4.79 Å². The van der Waals surface area contributed by atoms with Gasteiger partial charge in [-0.15, -0.1) is 11.3 Å². The predicted molar refractivity (Wildman–Crippen MR) is 120 cm³/mol. The Bertz CT molecular complexity index is 1120.